The molecule has 174 valence electrons. The fourth-order valence-corrected chi connectivity index (χ4v) is 4.68. The normalized spacial score (nSPS) is 20.8. The van der Waals surface area contributed by atoms with Crippen molar-refractivity contribution in [2.24, 2.45) is 0 Å². The quantitative estimate of drug-likeness (QED) is 0.704. The van der Waals surface area contributed by atoms with Crippen molar-refractivity contribution in [2.45, 2.75) is 51.1 Å². The van der Waals surface area contributed by atoms with Crippen LogP contribution >= 0.6 is 0 Å². The summed E-state index contributed by atoms with van der Waals surface area (Å²) in [6.45, 7) is 3.68. The van der Waals surface area contributed by atoms with Gasteiger partial charge in [-0.15, -0.1) is 0 Å². The Hall–Kier alpha value is -3.22. The smallest absolute Gasteiger partial charge is 0.242 e. The van der Waals surface area contributed by atoms with Gasteiger partial charge >= 0.3 is 0 Å². The third-order valence-electron chi connectivity index (χ3n) is 6.67. The lowest BCUT2D eigenvalue weighted by Gasteiger charge is -2.35. The Labute approximate surface area is 193 Å². The first-order chi connectivity index (χ1) is 15.8. The van der Waals surface area contributed by atoms with E-state index in [1.807, 2.05) is 31.2 Å². The van der Waals surface area contributed by atoms with Crippen LogP contribution in [0.15, 0.2) is 48.5 Å². The molecule has 3 amide bonds. The molecule has 2 aliphatic rings. The summed E-state index contributed by atoms with van der Waals surface area (Å²) in [6, 6.07) is 14.4. The van der Waals surface area contributed by atoms with Gasteiger partial charge in [0.05, 0.1) is 6.54 Å². The van der Waals surface area contributed by atoms with Crippen LogP contribution in [-0.2, 0) is 27.3 Å². The van der Waals surface area contributed by atoms with Crippen LogP contribution in [0, 0.1) is 12.7 Å². The number of hydrogen-bond donors (Lipinski definition) is 1. The summed E-state index contributed by atoms with van der Waals surface area (Å²) in [6.07, 6.45) is 2.36. The van der Waals surface area contributed by atoms with E-state index in [4.69, 9.17) is 0 Å². The highest BCUT2D eigenvalue weighted by Gasteiger charge is 2.38. The number of nitrogens with zero attached hydrogens (tertiary/aromatic N) is 2. The van der Waals surface area contributed by atoms with Crippen molar-refractivity contribution in [3.05, 3.63) is 71.0 Å². The van der Waals surface area contributed by atoms with Gasteiger partial charge in [0, 0.05) is 38.0 Å². The highest BCUT2D eigenvalue weighted by molar-refractivity contribution is 5.86. The molecule has 0 spiro atoms. The summed E-state index contributed by atoms with van der Waals surface area (Å²) in [5, 5.41) is 3.06. The molecule has 33 heavy (non-hydrogen) atoms. The minimum Gasteiger partial charge on any atom is -0.350 e. The zero-order chi connectivity index (χ0) is 23.4. The molecular formula is C26H30FN3O3. The van der Waals surface area contributed by atoms with Crippen LogP contribution in [0.2, 0.25) is 0 Å². The summed E-state index contributed by atoms with van der Waals surface area (Å²) in [4.78, 5) is 41.0. The van der Waals surface area contributed by atoms with Gasteiger partial charge in [-0.2, -0.15) is 0 Å². The van der Waals surface area contributed by atoms with E-state index in [-0.39, 0.29) is 36.5 Å². The van der Waals surface area contributed by atoms with Crippen LogP contribution in [0.1, 0.15) is 42.4 Å². The first-order valence-electron chi connectivity index (χ1n) is 11.5. The Morgan fingerprint density at radius 2 is 1.73 bits per heavy atom. The summed E-state index contributed by atoms with van der Waals surface area (Å²) in [7, 11) is 0. The van der Waals surface area contributed by atoms with Crippen molar-refractivity contribution in [2.75, 3.05) is 19.6 Å². The van der Waals surface area contributed by atoms with E-state index in [0.29, 0.717) is 45.3 Å². The van der Waals surface area contributed by atoms with Crippen LogP contribution in [0.3, 0.4) is 0 Å². The highest BCUT2D eigenvalue weighted by Crippen LogP contribution is 2.30. The van der Waals surface area contributed by atoms with Crippen molar-refractivity contribution in [3.63, 3.8) is 0 Å². The predicted molar refractivity (Wildman–Crippen MR) is 123 cm³/mol. The van der Waals surface area contributed by atoms with Gasteiger partial charge in [0.25, 0.3) is 0 Å². The van der Waals surface area contributed by atoms with Gasteiger partial charge in [-0.3, -0.25) is 14.4 Å². The Morgan fingerprint density at radius 1 is 1.03 bits per heavy atom. The van der Waals surface area contributed by atoms with Crippen molar-refractivity contribution in [1.29, 1.82) is 0 Å². The molecular weight excluding hydrogens is 421 g/mol. The van der Waals surface area contributed by atoms with Gasteiger partial charge < -0.3 is 15.1 Å². The lowest BCUT2D eigenvalue weighted by atomic mass is 9.85. The molecule has 2 aromatic rings. The number of amides is 3. The number of rotatable bonds is 7. The minimum atomic E-state index is -0.512. The average molecular weight is 452 g/mol. The minimum absolute atomic E-state index is 0.0236. The number of hydrogen-bond acceptors (Lipinski definition) is 3. The lowest BCUT2D eigenvalue weighted by molar-refractivity contribution is -0.145. The van der Waals surface area contributed by atoms with E-state index in [2.05, 4.69) is 5.32 Å². The number of piperazine rings is 1. The number of carbonyl (C=O) groups is 3. The maximum atomic E-state index is 13.3. The molecule has 0 saturated carbocycles. The fourth-order valence-electron chi connectivity index (χ4n) is 4.68. The van der Waals surface area contributed by atoms with Gasteiger partial charge in [-0.1, -0.05) is 42.0 Å². The summed E-state index contributed by atoms with van der Waals surface area (Å²) in [5.41, 5.74) is 2.66. The third-order valence-corrected chi connectivity index (χ3v) is 6.67. The summed E-state index contributed by atoms with van der Waals surface area (Å²) < 4.78 is 13.3. The molecule has 4 rings (SSSR count). The molecule has 2 heterocycles. The Morgan fingerprint density at radius 3 is 2.36 bits per heavy atom. The van der Waals surface area contributed by atoms with Crippen molar-refractivity contribution >= 4 is 17.7 Å². The molecule has 2 aliphatic heterocycles. The first kappa shape index (κ1) is 23.0. The van der Waals surface area contributed by atoms with Gasteiger partial charge in [-0.25, -0.2) is 4.39 Å². The molecule has 1 N–H and O–H groups in total. The molecule has 0 radical (unpaired) electrons. The Balaban J connectivity index is 1.32. The SMILES string of the molecule is Cc1ccc(CN2CCN(C(=O)CCC3(Cc4ccc(F)cc4)CCC(=O)N3)CC2=O)cc1. The summed E-state index contributed by atoms with van der Waals surface area (Å²) in [5.74, 6) is -0.447. The molecule has 2 fully saturated rings. The molecule has 2 aromatic carbocycles. The van der Waals surface area contributed by atoms with Crippen molar-refractivity contribution in [1.82, 2.24) is 15.1 Å². The molecule has 0 aromatic heterocycles. The second-order valence-electron chi connectivity index (χ2n) is 9.25. The number of halogens is 1. The first-order valence-corrected chi connectivity index (χ1v) is 11.5. The maximum absolute atomic E-state index is 13.3. The number of nitrogens with one attached hydrogen (secondary N) is 1. The summed E-state index contributed by atoms with van der Waals surface area (Å²) >= 11 is 0. The number of aryl methyl sites for hydroxylation is 1. The van der Waals surface area contributed by atoms with Crippen molar-refractivity contribution in [3.8, 4) is 0 Å². The average Bonchev–Trinajstić information content (AvgIpc) is 3.17. The van der Waals surface area contributed by atoms with Crippen molar-refractivity contribution < 1.29 is 18.8 Å². The van der Waals surface area contributed by atoms with Crippen LogP contribution in [0.25, 0.3) is 0 Å². The van der Waals surface area contributed by atoms with Crippen LogP contribution in [-0.4, -0.2) is 52.7 Å². The Kier molecular flexibility index (Phi) is 6.77. The largest absolute Gasteiger partial charge is 0.350 e. The maximum Gasteiger partial charge on any atom is 0.242 e. The zero-order valence-electron chi connectivity index (χ0n) is 19.0. The monoisotopic (exact) mass is 451 g/mol. The van der Waals surface area contributed by atoms with Gasteiger partial charge in [0.2, 0.25) is 17.7 Å². The standard InChI is InChI=1S/C26H30FN3O3/c1-19-2-4-21(5-3-19)17-29-14-15-30(18-25(29)33)24(32)11-13-26(12-10-23(31)28-26)16-20-6-8-22(27)9-7-20/h2-9H,10-18H2,1H3,(H,28,31). The number of carbonyl (C=O) groups excluding carboxylic acids is 3. The molecule has 0 bridgehead atoms. The molecule has 6 nitrogen and oxygen atoms in total. The molecule has 1 atom stereocenters. The second-order valence-corrected chi connectivity index (χ2v) is 9.25. The fraction of sp³-hybridized carbons (Fsp3) is 0.423. The number of benzene rings is 2. The van der Waals surface area contributed by atoms with Crippen LogP contribution < -0.4 is 5.32 Å². The topological polar surface area (TPSA) is 69.7 Å². The van der Waals surface area contributed by atoms with Gasteiger partial charge in [0.1, 0.15) is 5.82 Å². The van der Waals surface area contributed by atoms with Crippen LogP contribution in [0.5, 0.6) is 0 Å². The molecule has 1 unspecified atom stereocenters. The predicted octanol–water partition coefficient (Wildman–Crippen LogP) is 2.98. The Bertz CT molecular complexity index is 1020. The molecule has 2 saturated heterocycles. The third kappa shape index (κ3) is 5.78. The van der Waals surface area contributed by atoms with E-state index in [1.54, 1.807) is 21.9 Å². The van der Waals surface area contributed by atoms with Gasteiger partial charge in [-0.05, 0) is 49.4 Å². The van der Waals surface area contributed by atoms with E-state index in [9.17, 15) is 18.8 Å². The van der Waals surface area contributed by atoms with E-state index in [0.717, 1.165) is 11.1 Å². The van der Waals surface area contributed by atoms with Crippen LogP contribution in [0.4, 0.5) is 4.39 Å². The molecule has 0 aliphatic carbocycles. The zero-order valence-corrected chi connectivity index (χ0v) is 19.0. The van der Waals surface area contributed by atoms with Gasteiger partial charge in [0.15, 0.2) is 0 Å². The molecule has 7 heteroatoms. The lowest BCUT2D eigenvalue weighted by Crippen LogP contribution is -2.52. The van der Waals surface area contributed by atoms with E-state index in [1.165, 1.54) is 17.7 Å². The van der Waals surface area contributed by atoms with E-state index < -0.39 is 5.54 Å². The highest BCUT2D eigenvalue weighted by atomic mass is 19.1. The van der Waals surface area contributed by atoms with E-state index >= 15 is 0 Å². The second kappa shape index (κ2) is 9.73.